The van der Waals surface area contributed by atoms with Gasteiger partial charge in [-0.15, -0.1) is 11.3 Å². The highest BCUT2D eigenvalue weighted by Crippen LogP contribution is 2.29. The molecule has 1 heterocycles. The van der Waals surface area contributed by atoms with Crippen LogP contribution in [-0.2, 0) is 9.84 Å². The zero-order valence-electron chi connectivity index (χ0n) is 16.2. The SMILES string of the molecule is CCNC(=NCC(O)c1cc2ccccc2s1)NCCS(=O)(=O)c1ccccc1. The van der Waals surface area contributed by atoms with Gasteiger partial charge in [-0.25, -0.2) is 8.42 Å². The molecule has 0 saturated carbocycles. The zero-order valence-corrected chi connectivity index (χ0v) is 17.8. The van der Waals surface area contributed by atoms with Gasteiger partial charge in [0.05, 0.1) is 17.2 Å². The third kappa shape index (κ3) is 5.79. The van der Waals surface area contributed by atoms with E-state index in [0.717, 1.165) is 15.0 Å². The molecule has 0 spiro atoms. The van der Waals surface area contributed by atoms with Crippen molar-refractivity contribution in [3.63, 3.8) is 0 Å². The van der Waals surface area contributed by atoms with Gasteiger partial charge in [0.25, 0.3) is 0 Å². The molecule has 29 heavy (non-hydrogen) atoms. The predicted octanol–water partition coefficient (Wildman–Crippen LogP) is 2.96. The van der Waals surface area contributed by atoms with Crippen LogP contribution in [0.3, 0.4) is 0 Å². The normalized spacial score (nSPS) is 13.4. The largest absolute Gasteiger partial charge is 0.386 e. The van der Waals surface area contributed by atoms with Gasteiger partial charge < -0.3 is 15.7 Å². The van der Waals surface area contributed by atoms with Crippen LogP contribution in [0.5, 0.6) is 0 Å². The lowest BCUT2D eigenvalue weighted by molar-refractivity contribution is 0.191. The molecular weight excluding hydrogens is 406 g/mol. The lowest BCUT2D eigenvalue weighted by Gasteiger charge is -2.13. The second-order valence-corrected chi connectivity index (χ2v) is 9.71. The highest BCUT2D eigenvalue weighted by atomic mass is 32.2. The first kappa shape index (κ1) is 21.3. The van der Waals surface area contributed by atoms with Crippen molar-refractivity contribution in [3.8, 4) is 0 Å². The lowest BCUT2D eigenvalue weighted by atomic mass is 10.2. The molecule has 3 rings (SSSR count). The van der Waals surface area contributed by atoms with Gasteiger partial charge in [-0.1, -0.05) is 36.4 Å². The summed E-state index contributed by atoms with van der Waals surface area (Å²) in [6.45, 7) is 2.98. The monoisotopic (exact) mass is 431 g/mol. The molecule has 154 valence electrons. The first-order chi connectivity index (χ1) is 14.0. The Morgan fingerprint density at radius 1 is 1.10 bits per heavy atom. The smallest absolute Gasteiger partial charge is 0.191 e. The van der Waals surface area contributed by atoms with Crippen molar-refractivity contribution in [2.24, 2.45) is 4.99 Å². The van der Waals surface area contributed by atoms with Crippen molar-refractivity contribution in [2.75, 3.05) is 25.4 Å². The molecule has 0 saturated heterocycles. The topological polar surface area (TPSA) is 90.8 Å². The summed E-state index contributed by atoms with van der Waals surface area (Å²) in [7, 11) is -3.35. The molecule has 3 N–H and O–H groups in total. The van der Waals surface area contributed by atoms with Gasteiger partial charge in [-0.3, -0.25) is 4.99 Å². The van der Waals surface area contributed by atoms with Crippen molar-refractivity contribution in [3.05, 3.63) is 65.5 Å². The third-order valence-corrected chi connectivity index (χ3v) is 7.25. The summed E-state index contributed by atoms with van der Waals surface area (Å²) in [5, 5.41) is 17.7. The Kier molecular flexibility index (Phi) is 7.24. The minimum Gasteiger partial charge on any atom is -0.386 e. The molecule has 0 bridgehead atoms. The summed E-state index contributed by atoms with van der Waals surface area (Å²) in [5.41, 5.74) is 0. The Labute approximate surface area is 175 Å². The van der Waals surface area contributed by atoms with Crippen LogP contribution in [0.25, 0.3) is 10.1 Å². The summed E-state index contributed by atoms with van der Waals surface area (Å²) in [4.78, 5) is 5.58. The molecule has 1 atom stereocenters. The van der Waals surface area contributed by atoms with Crippen LogP contribution in [0.2, 0.25) is 0 Å². The lowest BCUT2D eigenvalue weighted by Crippen LogP contribution is -2.39. The molecule has 0 radical (unpaired) electrons. The molecule has 8 heteroatoms. The van der Waals surface area contributed by atoms with Crippen LogP contribution in [0.15, 0.2) is 70.6 Å². The molecule has 0 aliphatic rings. The number of fused-ring (bicyclic) bond motifs is 1. The van der Waals surface area contributed by atoms with Gasteiger partial charge in [-0.2, -0.15) is 0 Å². The summed E-state index contributed by atoms with van der Waals surface area (Å²) in [6, 6.07) is 18.4. The Morgan fingerprint density at radius 2 is 1.83 bits per heavy atom. The van der Waals surface area contributed by atoms with Crippen molar-refractivity contribution in [1.29, 1.82) is 0 Å². The molecule has 1 unspecified atom stereocenters. The Balaban J connectivity index is 1.59. The first-order valence-electron chi connectivity index (χ1n) is 9.46. The standard InChI is InChI=1S/C21H25N3O3S2/c1-2-22-21(23-12-13-29(26,27)17-9-4-3-5-10-17)24-15-18(25)20-14-16-8-6-7-11-19(16)28-20/h3-11,14,18,25H,2,12-13,15H2,1H3,(H2,22,23,24). The molecule has 1 aromatic heterocycles. The van der Waals surface area contributed by atoms with E-state index in [1.54, 1.807) is 41.7 Å². The number of aliphatic imine (C=N–C) groups is 1. The number of benzene rings is 2. The minimum absolute atomic E-state index is 0.0414. The van der Waals surface area contributed by atoms with Crippen LogP contribution in [0.1, 0.15) is 17.9 Å². The van der Waals surface area contributed by atoms with Gasteiger partial charge in [0.15, 0.2) is 15.8 Å². The van der Waals surface area contributed by atoms with E-state index in [0.29, 0.717) is 17.4 Å². The van der Waals surface area contributed by atoms with Crippen LogP contribution in [0, 0.1) is 0 Å². The summed E-state index contributed by atoms with van der Waals surface area (Å²) >= 11 is 1.55. The number of hydrogen-bond acceptors (Lipinski definition) is 5. The van der Waals surface area contributed by atoms with E-state index in [9.17, 15) is 13.5 Å². The number of guanidine groups is 1. The molecule has 0 fully saturated rings. The molecule has 0 aliphatic heterocycles. The molecule has 2 aromatic carbocycles. The van der Waals surface area contributed by atoms with Crippen molar-refractivity contribution in [2.45, 2.75) is 17.9 Å². The quantitative estimate of drug-likeness (QED) is 0.377. The highest BCUT2D eigenvalue weighted by Gasteiger charge is 2.14. The molecule has 3 aromatic rings. The van der Waals surface area contributed by atoms with E-state index >= 15 is 0 Å². The number of aliphatic hydroxyl groups is 1. The fourth-order valence-corrected chi connectivity index (χ4v) is 5.05. The first-order valence-corrected chi connectivity index (χ1v) is 11.9. The van der Waals surface area contributed by atoms with Crippen LogP contribution < -0.4 is 10.6 Å². The Hall–Kier alpha value is -2.42. The average Bonchev–Trinajstić information content (AvgIpc) is 3.17. The molecular formula is C21H25N3O3S2. The number of nitrogens with zero attached hydrogens (tertiary/aromatic N) is 1. The Morgan fingerprint density at radius 3 is 2.55 bits per heavy atom. The van der Waals surface area contributed by atoms with E-state index in [4.69, 9.17) is 0 Å². The second-order valence-electron chi connectivity index (χ2n) is 6.48. The van der Waals surface area contributed by atoms with Crippen LogP contribution in [0.4, 0.5) is 0 Å². The van der Waals surface area contributed by atoms with E-state index in [1.165, 1.54) is 0 Å². The number of thiophene rings is 1. The molecule has 6 nitrogen and oxygen atoms in total. The van der Waals surface area contributed by atoms with E-state index in [2.05, 4.69) is 15.6 Å². The van der Waals surface area contributed by atoms with Crippen molar-refractivity contribution < 1.29 is 13.5 Å². The summed E-state index contributed by atoms with van der Waals surface area (Å²) < 4.78 is 25.9. The van der Waals surface area contributed by atoms with E-state index < -0.39 is 15.9 Å². The van der Waals surface area contributed by atoms with Gasteiger partial charge in [0.1, 0.15) is 6.10 Å². The number of sulfone groups is 1. The summed E-state index contributed by atoms with van der Waals surface area (Å²) in [5.74, 6) is 0.441. The number of nitrogens with one attached hydrogen (secondary N) is 2. The fraction of sp³-hybridized carbons (Fsp3) is 0.286. The van der Waals surface area contributed by atoms with Gasteiger partial charge >= 0.3 is 0 Å². The zero-order chi connectivity index (χ0) is 20.7. The van der Waals surface area contributed by atoms with Crippen LogP contribution in [-0.4, -0.2) is 44.9 Å². The number of hydrogen-bond donors (Lipinski definition) is 3. The number of aliphatic hydroxyl groups excluding tert-OH is 1. The minimum atomic E-state index is -3.35. The maximum Gasteiger partial charge on any atom is 0.191 e. The van der Waals surface area contributed by atoms with Crippen molar-refractivity contribution >= 4 is 37.2 Å². The van der Waals surface area contributed by atoms with Crippen molar-refractivity contribution in [1.82, 2.24) is 10.6 Å². The average molecular weight is 432 g/mol. The van der Waals surface area contributed by atoms with E-state index in [-0.39, 0.29) is 18.8 Å². The second kappa shape index (κ2) is 9.87. The molecule has 0 amide bonds. The highest BCUT2D eigenvalue weighted by molar-refractivity contribution is 7.91. The maximum absolute atomic E-state index is 12.4. The predicted molar refractivity (Wildman–Crippen MR) is 119 cm³/mol. The summed E-state index contributed by atoms with van der Waals surface area (Å²) in [6.07, 6.45) is -0.712. The van der Waals surface area contributed by atoms with Gasteiger partial charge in [0.2, 0.25) is 0 Å². The van der Waals surface area contributed by atoms with Gasteiger partial charge in [-0.05, 0) is 36.6 Å². The Bertz CT molecular complexity index is 1030. The number of rotatable bonds is 8. The van der Waals surface area contributed by atoms with Gasteiger partial charge in [0, 0.05) is 22.7 Å². The van der Waals surface area contributed by atoms with Crippen LogP contribution >= 0.6 is 11.3 Å². The molecule has 0 aliphatic carbocycles. The van der Waals surface area contributed by atoms with E-state index in [1.807, 2.05) is 37.3 Å². The maximum atomic E-state index is 12.4. The third-order valence-electron chi connectivity index (χ3n) is 4.31. The fourth-order valence-electron chi connectivity index (χ4n) is 2.83.